The Kier molecular flexibility index (Phi) is 3.84. The molecule has 0 saturated heterocycles. The Morgan fingerprint density at radius 3 is 2.40 bits per heavy atom. The van der Waals surface area contributed by atoms with Crippen LogP contribution in [-0.4, -0.2) is 39.3 Å². The molecule has 8 heteroatoms. The summed E-state index contributed by atoms with van der Waals surface area (Å²) in [5.41, 5.74) is 3.26. The molecular formula is C12H15N5O2S. The van der Waals surface area contributed by atoms with Crippen LogP contribution in [0.25, 0.3) is 11.0 Å². The lowest BCUT2D eigenvalue weighted by atomic mass is 10.3. The van der Waals surface area contributed by atoms with Crippen LogP contribution in [0, 0.1) is 13.8 Å². The first kappa shape index (κ1) is 14.2. The number of para-hydroxylation sites is 1. The first-order chi connectivity index (χ1) is 9.38. The lowest BCUT2D eigenvalue weighted by Crippen LogP contribution is -2.11. The second-order valence-corrected chi connectivity index (χ2v) is 6.19. The summed E-state index contributed by atoms with van der Waals surface area (Å²) < 4.78 is 23.3. The maximum atomic E-state index is 11.2. The van der Waals surface area contributed by atoms with Crippen molar-refractivity contribution >= 4 is 21.1 Å². The van der Waals surface area contributed by atoms with Gasteiger partial charge in [-0.15, -0.1) is 9.19 Å². The molecule has 7 nitrogen and oxygen atoms in total. The molecule has 0 saturated carbocycles. The van der Waals surface area contributed by atoms with Gasteiger partial charge in [0.05, 0.1) is 11.9 Å². The third kappa shape index (κ3) is 3.21. The zero-order valence-electron chi connectivity index (χ0n) is 11.4. The summed E-state index contributed by atoms with van der Waals surface area (Å²) in [7, 11) is -3.34. The molecule has 0 bridgehead atoms. The lowest BCUT2D eigenvalue weighted by Gasteiger charge is -1.95. The first-order valence-electron chi connectivity index (χ1n) is 5.87. The van der Waals surface area contributed by atoms with Gasteiger partial charge in [-0.1, -0.05) is 17.3 Å². The van der Waals surface area contributed by atoms with Crippen LogP contribution >= 0.6 is 0 Å². The van der Waals surface area contributed by atoms with Crippen molar-refractivity contribution in [2.45, 2.75) is 13.8 Å². The van der Waals surface area contributed by atoms with Gasteiger partial charge in [-0.2, -0.15) is 5.10 Å². The van der Waals surface area contributed by atoms with Crippen LogP contribution < -0.4 is 0 Å². The van der Waals surface area contributed by atoms with E-state index in [1.54, 1.807) is 24.3 Å². The largest absolute Gasteiger partial charge is 0.283 e. The number of H-pyrrole nitrogens is 1. The standard InChI is InChI=1S/C7H7N3O2S.C5H8N2/c1-13(11,12)10-7-5-3-2-4-6(7)8-9-10;1-4-3-5(2)7-6-4/h2-5H,1H3;3H,1-2H3,(H,6,7). The predicted octanol–water partition coefficient (Wildman–Crippen LogP) is 1.27. The third-order valence-electron chi connectivity index (χ3n) is 2.47. The Morgan fingerprint density at radius 2 is 1.90 bits per heavy atom. The van der Waals surface area contributed by atoms with E-state index in [1.165, 1.54) is 0 Å². The average molecular weight is 293 g/mol. The highest BCUT2D eigenvalue weighted by Crippen LogP contribution is 2.10. The van der Waals surface area contributed by atoms with Crippen molar-refractivity contribution in [1.29, 1.82) is 0 Å². The summed E-state index contributed by atoms with van der Waals surface area (Å²) in [6, 6.07) is 8.90. The highest BCUT2D eigenvalue weighted by atomic mass is 32.2. The molecule has 1 N–H and O–H groups in total. The van der Waals surface area contributed by atoms with Gasteiger partial charge in [-0.25, -0.2) is 8.42 Å². The summed E-state index contributed by atoms with van der Waals surface area (Å²) >= 11 is 0. The van der Waals surface area contributed by atoms with Crippen LogP contribution in [0.2, 0.25) is 0 Å². The molecule has 1 aromatic carbocycles. The van der Waals surface area contributed by atoms with Gasteiger partial charge in [0, 0.05) is 5.69 Å². The van der Waals surface area contributed by atoms with Gasteiger partial charge >= 0.3 is 0 Å². The molecule has 0 atom stereocenters. The van der Waals surface area contributed by atoms with Crippen molar-refractivity contribution in [3.8, 4) is 0 Å². The SMILES string of the molecule is CS(=O)(=O)n1nnc2ccccc21.Cc1cc(C)[nH]n1. The zero-order valence-corrected chi connectivity index (χ0v) is 12.2. The number of aromatic nitrogens is 5. The van der Waals surface area contributed by atoms with Gasteiger partial charge in [-0.3, -0.25) is 5.10 Å². The predicted molar refractivity (Wildman–Crippen MR) is 75.8 cm³/mol. The molecule has 0 spiro atoms. The van der Waals surface area contributed by atoms with E-state index >= 15 is 0 Å². The Morgan fingerprint density at radius 1 is 1.20 bits per heavy atom. The maximum absolute atomic E-state index is 11.2. The highest BCUT2D eigenvalue weighted by molar-refractivity contribution is 7.89. The summed E-state index contributed by atoms with van der Waals surface area (Å²) in [6.07, 6.45) is 1.09. The molecule has 0 unspecified atom stereocenters. The molecule has 0 aliphatic heterocycles. The van der Waals surface area contributed by atoms with Crippen molar-refractivity contribution in [2.24, 2.45) is 0 Å². The Bertz CT molecular complexity index is 803. The number of hydrogen-bond acceptors (Lipinski definition) is 5. The van der Waals surface area contributed by atoms with E-state index in [0.29, 0.717) is 11.0 Å². The van der Waals surface area contributed by atoms with Gasteiger partial charge in [0.2, 0.25) is 0 Å². The van der Waals surface area contributed by atoms with E-state index in [0.717, 1.165) is 21.7 Å². The van der Waals surface area contributed by atoms with Gasteiger partial charge in [-0.05, 0) is 32.0 Å². The van der Waals surface area contributed by atoms with E-state index in [9.17, 15) is 8.42 Å². The summed E-state index contributed by atoms with van der Waals surface area (Å²) in [4.78, 5) is 0. The van der Waals surface area contributed by atoms with Crippen LogP contribution in [0.3, 0.4) is 0 Å². The molecule has 2 aromatic heterocycles. The fourth-order valence-electron chi connectivity index (χ4n) is 1.65. The Labute approximate surface area is 116 Å². The first-order valence-corrected chi connectivity index (χ1v) is 7.72. The number of aryl methyl sites for hydroxylation is 2. The molecule has 0 fully saturated rings. The van der Waals surface area contributed by atoms with E-state index in [4.69, 9.17) is 0 Å². The molecule has 0 amide bonds. The number of fused-ring (bicyclic) bond motifs is 1. The number of rotatable bonds is 1. The second kappa shape index (κ2) is 5.41. The minimum absolute atomic E-state index is 0.505. The number of hydrogen-bond donors (Lipinski definition) is 1. The van der Waals surface area contributed by atoms with Crippen molar-refractivity contribution in [2.75, 3.05) is 6.26 Å². The van der Waals surface area contributed by atoms with Crippen LogP contribution in [0.15, 0.2) is 30.3 Å². The van der Waals surface area contributed by atoms with Crippen molar-refractivity contribution in [1.82, 2.24) is 24.6 Å². The third-order valence-corrected chi connectivity index (χ3v) is 3.37. The van der Waals surface area contributed by atoms with Gasteiger partial charge < -0.3 is 0 Å². The lowest BCUT2D eigenvalue weighted by molar-refractivity contribution is 0.586. The minimum Gasteiger partial charge on any atom is -0.283 e. The second-order valence-electron chi connectivity index (χ2n) is 4.38. The molecule has 0 aliphatic rings. The van der Waals surface area contributed by atoms with Crippen LogP contribution in [0.1, 0.15) is 11.4 Å². The van der Waals surface area contributed by atoms with E-state index in [-0.39, 0.29) is 0 Å². The number of benzene rings is 1. The molecule has 106 valence electrons. The molecule has 3 aromatic rings. The summed E-state index contributed by atoms with van der Waals surface area (Å²) in [5.74, 6) is 0. The van der Waals surface area contributed by atoms with Gasteiger partial charge in [0.1, 0.15) is 11.0 Å². The van der Waals surface area contributed by atoms with Crippen molar-refractivity contribution < 1.29 is 8.42 Å². The quantitative estimate of drug-likeness (QED) is 0.729. The van der Waals surface area contributed by atoms with Crippen molar-refractivity contribution in [3.63, 3.8) is 0 Å². The smallest absolute Gasteiger partial charge is 0.252 e. The minimum atomic E-state index is -3.34. The molecule has 3 rings (SSSR count). The molecule has 2 heterocycles. The average Bonchev–Trinajstić information content (AvgIpc) is 2.95. The Hall–Kier alpha value is -2.22. The number of nitrogens with one attached hydrogen (secondary N) is 1. The van der Waals surface area contributed by atoms with Gasteiger partial charge in [0.25, 0.3) is 10.0 Å². The maximum Gasteiger partial charge on any atom is 0.252 e. The number of aromatic amines is 1. The number of nitrogens with zero attached hydrogens (tertiary/aromatic N) is 4. The fraction of sp³-hybridized carbons (Fsp3) is 0.250. The van der Waals surface area contributed by atoms with Crippen LogP contribution in [0.4, 0.5) is 0 Å². The fourth-order valence-corrected chi connectivity index (χ4v) is 2.33. The molecule has 0 aliphatic carbocycles. The van der Waals surface area contributed by atoms with Crippen LogP contribution in [-0.2, 0) is 10.0 Å². The molecule has 20 heavy (non-hydrogen) atoms. The highest BCUT2D eigenvalue weighted by Gasteiger charge is 2.11. The monoisotopic (exact) mass is 293 g/mol. The molecule has 0 radical (unpaired) electrons. The van der Waals surface area contributed by atoms with E-state index < -0.39 is 10.0 Å². The van der Waals surface area contributed by atoms with E-state index in [2.05, 4.69) is 20.5 Å². The topological polar surface area (TPSA) is 93.5 Å². The summed E-state index contributed by atoms with van der Waals surface area (Å²) in [6.45, 7) is 3.95. The zero-order chi connectivity index (χ0) is 14.8. The molecular weight excluding hydrogens is 278 g/mol. The van der Waals surface area contributed by atoms with E-state index in [1.807, 2.05) is 19.9 Å². The van der Waals surface area contributed by atoms with Crippen LogP contribution in [0.5, 0.6) is 0 Å². The normalized spacial score (nSPS) is 11.2. The Balaban J connectivity index is 0.000000178. The summed E-state index contributed by atoms with van der Waals surface area (Å²) in [5, 5.41) is 14.0. The van der Waals surface area contributed by atoms with Crippen molar-refractivity contribution in [3.05, 3.63) is 41.7 Å². The van der Waals surface area contributed by atoms with Gasteiger partial charge in [0.15, 0.2) is 0 Å².